The van der Waals surface area contributed by atoms with E-state index >= 15 is 0 Å². The second kappa shape index (κ2) is 10.6. The Hall–Kier alpha value is -3.33. The SMILES string of the molecule is CC(C)(O)[C@H]1C[C@@H](Nc2nc(Nc3cccc(C#N)c3)[nH+]cc2-c2nc3ccccc3s2)[C@H](O)[C@@H]1O.[Cl-]. The fourth-order valence-electron chi connectivity index (χ4n) is 4.60. The highest BCUT2D eigenvalue weighted by atomic mass is 35.5. The summed E-state index contributed by atoms with van der Waals surface area (Å²) >= 11 is 1.52. The number of nitrogens with zero attached hydrogens (tertiary/aromatic N) is 3. The molecular formula is C26H27ClN6O3S. The van der Waals surface area contributed by atoms with Gasteiger partial charge >= 0.3 is 5.95 Å². The number of hydrogen-bond acceptors (Lipinski definition) is 9. The molecule has 5 rings (SSSR count). The number of aromatic amines is 1. The monoisotopic (exact) mass is 538 g/mol. The van der Waals surface area contributed by atoms with Crippen LogP contribution in [0.25, 0.3) is 20.8 Å². The fourth-order valence-corrected chi connectivity index (χ4v) is 5.58. The Labute approximate surface area is 224 Å². The molecule has 6 N–H and O–H groups in total. The molecule has 0 saturated heterocycles. The highest BCUT2D eigenvalue weighted by Crippen LogP contribution is 2.38. The lowest BCUT2D eigenvalue weighted by Crippen LogP contribution is -3.00. The molecule has 0 bridgehead atoms. The van der Waals surface area contributed by atoms with Gasteiger partial charge in [-0.1, -0.05) is 23.2 Å². The van der Waals surface area contributed by atoms with Gasteiger partial charge in [0.1, 0.15) is 22.4 Å². The van der Waals surface area contributed by atoms with Gasteiger partial charge in [0.05, 0.1) is 45.8 Å². The first kappa shape index (κ1) is 26.7. The smallest absolute Gasteiger partial charge is 0.396 e. The van der Waals surface area contributed by atoms with Gasteiger partial charge in [0.15, 0.2) is 0 Å². The molecule has 2 aromatic carbocycles. The van der Waals surface area contributed by atoms with E-state index in [1.54, 1.807) is 38.2 Å². The molecular weight excluding hydrogens is 512 g/mol. The average Bonchev–Trinajstić information content (AvgIpc) is 3.41. The molecule has 0 spiro atoms. The lowest BCUT2D eigenvalue weighted by atomic mass is 9.88. The van der Waals surface area contributed by atoms with Gasteiger partial charge in [-0.25, -0.2) is 15.3 Å². The second-order valence-corrected chi connectivity index (χ2v) is 10.6. The van der Waals surface area contributed by atoms with Crippen LogP contribution >= 0.6 is 11.3 Å². The van der Waals surface area contributed by atoms with Crippen molar-refractivity contribution in [1.82, 2.24) is 9.97 Å². The van der Waals surface area contributed by atoms with Gasteiger partial charge in [0.25, 0.3) is 0 Å². The van der Waals surface area contributed by atoms with E-state index in [4.69, 9.17) is 9.97 Å². The molecule has 37 heavy (non-hydrogen) atoms. The van der Waals surface area contributed by atoms with Crippen molar-refractivity contribution in [2.75, 3.05) is 10.6 Å². The summed E-state index contributed by atoms with van der Waals surface area (Å²) in [6.45, 7) is 3.27. The van der Waals surface area contributed by atoms with Crippen molar-refractivity contribution in [1.29, 1.82) is 5.26 Å². The van der Waals surface area contributed by atoms with Gasteiger partial charge in [-0.15, -0.1) is 11.3 Å². The van der Waals surface area contributed by atoms with Crippen LogP contribution in [0.1, 0.15) is 25.8 Å². The number of anilines is 3. The number of H-pyrrole nitrogens is 1. The minimum absolute atomic E-state index is 0. The molecule has 0 unspecified atom stereocenters. The van der Waals surface area contributed by atoms with Crippen molar-refractivity contribution < 1.29 is 32.7 Å². The Kier molecular flexibility index (Phi) is 7.64. The zero-order valence-corrected chi connectivity index (χ0v) is 21.8. The zero-order chi connectivity index (χ0) is 25.4. The van der Waals surface area contributed by atoms with Gasteiger partial charge < -0.3 is 33.0 Å². The fraction of sp³-hybridized carbons (Fsp3) is 0.308. The predicted octanol–water partition coefficient (Wildman–Crippen LogP) is 0.0848. The molecule has 11 heteroatoms. The summed E-state index contributed by atoms with van der Waals surface area (Å²) in [6.07, 6.45) is -0.0121. The molecule has 1 aliphatic rings. The van der Waals surface area contributed by atoms with Gasteiger partial charge in [-0.2, -0.15) is 5.26 Å². The Morgan fingerprint density at radius 1 is 1.11 bits per heavy atom. The van der Waals surface area contributed by atoms with E-state index in [1.807, 2.05) is 30.3 Å². The maximum Gasteiger partial charge on any atom is 0.396 e. The van der Waals surface area contributed by atoms with Crippen LogP contribution < -0.4 is 28.0 Å². The van der Waals surface area contributed by atoms with Crippen molar-refractivity contribution in [3.63, 3.8) is 0 Å². The maximum absolute atomic E-state index is 10.8. The lowest BCUT2D eigenvalue weighted by Gasteiger charge is -2.28. The highest BCUT2D eigenvalue weighted by molar-refractivity contribution is 7.21. The number of hydrogen-bond donors (Lipinski definition) is 5. The normalized spacial score (nSPS) is 21.3. The number of fused-ring (bicyclic) bond motifs is 1. The third-order valence-electron chi connectivity index (χ3n) is 6.52. The molecule has 1 saturated carbocycles. The number of thiazole rings is 1. The van der Waals surface area contributed by atoms with Crippen LogP contribution in [-0.2, 0) is 0 Å². The third kappa shape index (κ3) is 5.51. The van der Waals surface area contributed by atoms with E-state index in [1.165, 1.54) is 11.3 Å². The topological polar surface area (TPSA) is 148 Å². The molecule has 192 valence electrons. The predicted molar refractivity (Wildman–Crippen MR) is 138 cm³/mol. The van der Waals surface area contributed by atoms with E-state index in [0.29, 0.717) is 35.0 Å². The van der Waals surface area contributed by atoms with Crippen LogP contribution in [0.4, 0.5) is 17.5 Å². The summed E-state index contributed by atoms with van der Waals surface area (Å²) in [5, 5.41) is 48.3. The summed E-state index contributed by atoms with van der Waals surface area (Å²) in [4.78, 5) is 12.6. The van der Waals surface area contributed by atoms with Crippen LogP contribution in [0.5, 0.6) is 0 Å². The first-order valence-corrected chi connectivity index (χ1v) is 12.5. The number of nitrogens with one attached hydrogen (secondary N) is 3. The number of aromatic nitrogens is 3. The summed E-state index contributed by atoms with van der Waals surface area (Å²) in [5.74, 6) is 0.390. The molecule has 2 aromatic heterocycles. The standard InChI is InChI=1S/C26H26N6O3S.ClH/c1-26(2,35)17-11-19(22(34)21(17)33)30-23-16(24-31-18-8-3-4-9-20(18)36-24)13-28-25(32-23)29-15-7-5-6-14(10-15)12-27;/h3-10,13,17,19,21-22,33-35H,11H2,1-2H3,(H2,28,29,30,32);1H/t17-,19+,21+,22-;/m0./s1. The largest absolute Gasteiger partial charge is 1.00 e. The molecule has 1 aliphatic carbocycles. The zero-order valence-electron chi connectivity index (χ0n) is 20.2. The van der Waals surface area contributed by atoms with Crippen LogP contribution in [0, 0.1) is 17.2 Å². The van der Waals surface area contributed by atoms with E-state index < -0.39 is 29.8 Å². The number of para-hydroxylation sites is 1. The number of aliphatic hydroxyl groups excluding tert-OH is 2. The van der Waals surface area contributed by atoms with Gasteiger partial charge in [-0.3, -0.25) is 0 Å². The summed E-state index contributed by atoms with van der Waals surface area (Å²) in [6, 6.07) is 16.5. The lowest BCUT2D eigenvalue weighted by molar-refractivity contribution is -0.363. The van der Waals surface area contributed by atoms with Crippen LogP contribution in [0.2, 0.25) is 0 Å². The highest BCUT2D eigenvalue weighted by Gasteiger charge is 2.48. The van der Waals surface area contributed by atoms with Gasteiger partial charge in [0, 0.05) is 5.92 Å². The number of rotatable bonds is 6. The number of halogens is 1. The third-order valence-corrected chi connectivity index (χ3v) is 7.59. The maximum atomic E-state index is 10.8. The molecule has 1 fully saturated rings. The molecule has 4 aromatic rings. The van der Waals surface area contributed by atoms with Crippen LogP contribution in [0.15, 0.2) is 54.7 Å². The molecule has 2 heterocycles. The van der Waals surface area contributed by atoms with Crippen LogP contribution in [0.3, 0.4) is 0 Å². The van der Waals surface area contributed by atoms with Gasteiger partial charge in [0.2, 0.25) is 5.82 Å². The van der Waals surface area contributed by atoms with Crippen molar-refractivity contribution >= 4 is 39.0 Å². The molecule has 9 nitrogen and oxygen atoms in total. The Bertz CT molecular complexity index is 1420. The van der Waals surface area contributed by atoms with E-state index in [0.717, 1.165) is 15.2 Å². The minimum Gasteiger partial charge on any atom is -1.00 e. The molecule has 0 amide bonds. The number of benzene rings is 2. The van der Waals surface area contributed by atoms with E-state index in [2.05, 4.69) is 21.7 Å². The molecule has 0 aliphatic heterocycles. The molecule has 0 radical (unpaired) electrons. The molecule has 4 atom stereocenters. The summed E-state index contributed by atoms with van der Waals surface area (Å²) in [7, 11) is 0. The number of nitriles is 1. The van der Waals surface area contributed by atoms with Crippen molar-refractivity contribution in [2.24, 2.45) is 5.92 Å². The van der Waals surface area contributed by atoms with Crippen molar-refractivity contribution in [3.05, 3.63) is 60.3 Å². The minimum atomic E-state index is -1.15. The van der Waals surface area contributed by atoms with Crippen LogP contribution in [-0.4, -0.2) is 49.1 Å². The first-order chi connectivity index (χ1) is 17.2. The van der Waals surface area contributed by atoms with Crippen molar-refractivity contribution in [3.8, 4) is 16.6 Å². The summed E-state index contributed by atoms with van der Waals surface area (Å²) < 4.78 is 1.03. The first-order valence-electron chi connectivity index (χ1n) is 11.6. The Morgan fingerprint density at radius 2 is 1.89 bits per heavy atom. The second-order valence-electron chi connectivity index (χ2n) is 9.54. The Balaban J connectivity index is 0.00000320. The quantitative estimate of drug-likeness (QED) is 0.232. The van der Waals surface area contributed by atoms with E-state index in [9.17, 15) is 20.6 Å². The Morgan fingerprint density at radius 3 is 2.59 bits per heavy atom. The van der Waals surface area contributed by atoms with E-state index in [-0.39, 0.29) is 12.4 Å². The average molecular weight is 539 g/mol. The number of aliphatic hydroxyl groups is 3. The van der Waals surface area contributed by atoms with Crippen molar-refractivity contribution in [2.45, 2.75) is 44.1 Å². The summed E-state index contributed by atoms with van der Waals surface area (Å²) in [5.41, 5.74) is 1.64. The van der Waals surface area contributed by atoms with Gasteiger partial charge in [-0.05, 0) is 50.6 Å².